The molecule has 1 saturated heterocycles. The summed E-state index contributed by atoms with van der Waals surface area (Å²) in [6, 6.07) is 12.0. The van der Waals surface area contributed by atoms with Gasteiger partial charge < -0.3 is 15.5 Å². The smallest absolute Gasteiger partial charge is 0.317 e. The number of urea groups is 1. The van der Waals surface area contributed by atoms with E-state index in [9.17, 15) is 4.79 Å². The topological polar surface area (TPSA) is 83.0 Å². The van der Waals surface area contributed by atoms with Crippen molar-refractivity contribution in [2.75, 3.05) is 31.5 Å². The van der Waals surface area contributed by atoms with E-state index >= 15 is 0 Å². The zero-order valence-corrected chi connectivity index (χ0v) is 19.1. The van der Waals surface area contributed by atoms with Gasteiger partial charge in [-0.3, -0.25) is 0 Å². The fourth-order valence-electron chi connectivity index (χ4n) is 3.63. The first kappa shape index (κ1) is 20.9. The van der Waals surface area contributed by atoms with Gasteiger partial charge in [0.25, 0.3) is 0 Å². The molecule has 0 atom stereocenters. The molecule has 1 aromatic carbocycles. The van der Waals surface area contributed by atoms with Crippen molar-refractivity contribution in [1.82, 2.24) is 25.2 Å². The number of fused-ring (bicyclic) bond motifs is 1. The van der Waals surface area contributed by atoms with Crippen LogP contribution in [-0.2, 0) is 0 Å². The monoisotopic (exact) mass is 484 g/mol. The van der Waals surface area contributed by atoms with Crippen LogP contribution in [0.25, 0.3) is 31.8 Å². The highest BCUT2D eigenvalue weighted by atomic mass is 35.5. The number of carbonyl (C=O) groups is 1. The first-order valence-electron chi connectivity index (χ1n) is 10.0. The van der Waals surface area contributed by atoms with Crippen LogP contribution >= 0.6 is 34.5 Å². The van der Waals surface area contributed by atoms with E-state index in [0.29, 0.717) is 48.0 Å². The molecule has 162 valence electrons. The molecule has 4 heterocycles. The SMILES string of the molecule is O=C1NCCN1CCNc1ncc(Cl)c(-c2cc3cccc(-c4ccnc(Cl)c4)c3s2)n1. The molecule has 0 unspecified atom stereocenters. The third-order valence-electron chi connectivity index (χ3n) is 5.17. The Hall–Kier alpha value is -2.94. The average Bonchev–Trinajstić information content (AvgIpc) is 3.40. The standard InChI is InChI=1S/C22H18Cl2N6OS/c23-16-12-28-21(26-6-8-30-9-7-27-22(30)31)29-19(16)17-10-14-2-1-3-15(20(14)32-17)13-4-5-25-18(24)11-13/h1-5,10-12H,6-9H2,(H,27,31)(H,26,28,29). The average molecular weight is 485 g/mol. The van der Waals surface area contributed by atoms with Gasteiger partial charge in [-0.05, 0) is 34.7 Å². The number of halogens is 2. The predicted molar refractivity (Wildman–Crippen MR) is 130 cm³/mol. The van der Waals surface area contributed by atoms with Crippen LogP contribution in [0.15, 0.2) is 48.8 Å². The molecular formula is C22H18Cl2N6OS. The maximum Gasteiger partial charge on any atom is 0.317 e. The molecule has 0 radical (unpaired) electrons. The van der Waals surface area contributed by atoms with Gasteiger partial charge in [0.2, 0.25) is 5.95 Å². The number of nitrogens with one attached hydrogen (secondary N) is 2. The lowest BCUT2D eigenvalue weighted by Crippen LogP contribution is -2.32. The van der Waals surface area contributed by atoms with Crippen molar-refractivity contribution in [3.05, 3.63) is 59.0 Å². The molecule has 2 amide bonds. The number of aromatic nitrogens is 3. The van der Waals surface area contributed by atoms with Gasteiger partial charge in [0.15, 0.2) is 0 Å². The minimum atomic E-state index is -0.0407. The van der Waals surface area contributed by atoms with Crippen LogP contribution < -0.4 is 10.6 Å². The van der Waals surface area contributed by atoms with E-state index in [2.05, 4.69) is 43.8 Å². The second-order valence-corrected chi connectivity index (χ2v) is 9.08. The minimum absolute atomic E-state index is 0.0407. The van der Waals surface area contributed by atoms with Gasteiger partial charge in [-0.15, -0.1) is 11.3 Å². The van der Waals surface area contributed by atoms with Crippen LogP contribution in [-0.4, -0.2) is 52.1 Å². The van der Waals surface area contributed by atoms with Crippen molar-refractivity contribution in [2.24, 2.45) is 0 Å². The molecular weight excluding hydrogens is 467 g/mol. The van der Waals surface area contributed by atoms with Gasteiger partial charge >= 0.3 is 6.03 Å². The highest BCUT2D eigenvalue weighted by Crippen LogP contribution is 2.40. The summed E-state index contributed by atoms with van der Waals surface area (Å²) < 4.78 is 1.12. The molecule has 0 aliphatic carbocycles. The van der Waals surface area contributed by atoms with Crippen molar-refractivity contribution in [2.45, 2.75) is 0 Å². The third kappa shape index (κ3) is 4.21. The van der Waals surface area contributed by atoms with Crippen LogP contribution in [0.1, 0.15) is 0 Å². The van der Waals surface area contributed by atoms with E-state index in [1.807, 2.05) is 18.2 Å². The summed E-state index contributed by atoms with van der Waals surface area (Å²) in [5.74, 6) is 0.475. The van der Waals surface area contributed by atoms with Gasteiger partial charge in [0.05, 0.1) is 16.1 Å². The van der Waals surface area contributed by atoms with Crippen molar-refractivity contribution in [3.8, 4) is 21.7 Å². The predicted octanol–water partition coefficient (Wildman–Crippen LogP) is 5.16. The second kappa shape index (κ2) is 8.90. The highest BCUT2D eigenvalue weighted by Gasteiger charge is 2.19. The summed E-state index contributed by atoms with van der Waals surface area (Å²) in [4.78, 5) is 27.4. The molecule has 0 spiro atoms. The Kier molecular flexibility index (Phi) is 5.82. The van der Waals surface area contributed by atoms with E-state index in [1.54, 1.807) is 28.6 Å². The lowest BCUT2D eigenvalue weighted by atomic mass is 10.1. The summed E-state index contributed by atoms with van der Waals surface area (Å²) in [5.41, 5.74) is 2.75. The Morgan fingerprint density at radius 2 is 2.09 bits per heavy atom. The molecule has 1 aliphatic rings. The van der Waals surface area contributed by atoms with Crippen LogP contribution in [0.3, 0.4) is 0 Å². The van der Waals surface area contributed by atoms with Gasteiger partial charge in [-0.2, -0.15) is 0 Å². The summed E-state index contributed by atoms with van der Waals surface area (Å²) in [7, 11) is 0. The van der Waals surface area contributed by atoms with Gasteiger partial charge in [0.1, 0.15) is 10.8 Å². The number of pyridine rings is 1. The molecule has 0 saturated carbocycles. The largest absolute Gasteiger partial charge is 0.352 e. The number of hydrogen-bond donors (Lipinski definition) is 2. The lowest BCUT2D eigenvalue weighted by Gasteiger charge is -2.14. The summed E-state index contributed by atoms with van der Waals surface area (Å²) in [6.45, 7) is 2.52. The maximum absolute atomic E-state index is 11.7. The molecule has 1 fully saturated rings. The van der Waals surface area contributed by atoms with E-state index in [4.69, 9.17) is 23.2 Å². The van der Waals surface area contributed by atoms with Crippen LogP contribution in [0, 0.1) is 0 Å². The van der Waals surface area contributed by atoms with Crippen LogP contribution in [0.5, 0.6) is 0 Å². The number of nitrogens with zero attached hydrogens (tertiary/aromatic N) is 4. The van der Waals surface area contributed by atoms with Gasteiger partial charge in [-0.1, -0.05) is 41.4 Å². The maximum atomic E-state index is 11.7. The zero-order valence-electron chi connectivity index (χ0n) is 16.8. The second-order valence-electron chi connectivity index (χ2n) is 7.24. The first-order valence-corrected chi connectivity index (χ1v) is 11.6. The number of thiophene rings is 1. The molecule has 0 bridgehead atoms. The Balaban J connectivity index is 1.43. The van der Waals surface area contributed by atoms with E-state index < -0.39 is 0 Å². The Bertz CT molecular complexity index is 1310. The number of amides is 2. The summed E-state index contributed by atoms with van der Waals surface area (Å²) in [6.07, 6.45) is 3.30. The van der Waals surface area contributed by atoms with E-state index in [1.165, 1.54) is 0 Å². The molecule has 7 nitrogen and oxygen atoms in total. The van der Waals surface area contributed by atoms with Crippen molar-refractivity contribution in [3.63, 3.8) is 0 Å². The van der Waals surface area contributed by atoms with Crippen LogP contribution in [0.2, 0.25) is 10.2 Å². The van der Waals surface area contributed by atoms with Crippen LogP contribution in [0.4, 0.5) is 10.7 Å². The van der Waals surface area contributed by atoms with E-state index in [-0.39, 0.29) is 6.03 Å². The fraction of sp³-hybridized carbons (Fsp3) is 0.182. The van der Waals surface area contributed by atoms with Crippen molar-refractivity contribution in [1.29, 1.82) is 0 Å². The molecule has 4 aromatic rings. The molecule has 10 heteroatoms. The number of rotatable bonds is 6. The Morgan fingerprint density at radius 3 is 2.91 bits per heavy atom. The normalized spacial score (nSPS) is 13.6. The molecule has 32 heavy (non-hydrogen) atoms. The Morgan fingerprint density at radius 1 is 1.19 bits per heavy atom. The lowest BCUT2D eigenvalue weighted by molar-refractivity contribution is 0.219. The van der Waals surface area contributed by atoms with Crippen molar-refractivity contribution >= 4 is 56.6 Å². The van der Waals surface area contributed by atoms with E-state index in [0.717, 1.165) is 26.1 Å². The zero-order chi connectivity index (χ0) is 22.1. The van der Waals surface area contributed by atoms with Gasteiger partial charge in [-0.25, -0.2) is 19.7 Å². The molecule has 3 aromatic heterocycles. The van der Waals surface area contributed by atoms with Crippen molar-refractivity contribution < 1.29 is 4.79 Å². The quantitative estimate of drug-likeness (QED) is 0.369. The summed E-state index contributed by atoms with van der Waals surface area (Å²) in [5, 5.41) is 8.01. The third-order valence-corrected chi connectivity index (χ3v) is 6.84. The Labute approximate surface area is 198 Å². The number of carbonyl (C=O) groups excluding carboxylic acids is 1. The number of benzene rings is 1. The summed E-state index contributed by atoms with van der Waals surface area (Å²) >= 11 is 14.2. The number of hydrogen-bond acceptors (Lipinski definition) is 6. The van der Waals surface area contributed by atoms with Gasteiger partial charge in [0, 0.05) is 37.1 Å². The molecule has 1 aliphatic heterocycles. The first-order chi connectivity index (χ1) is 15.6. The highest BCUT2D eigenvalue weighted by molar-refractivity contribution is 7.22. The molecule has 2 N–H and O–H groups in total. The minimum Gasteiger partial charge on any atom is -0.352 e. The fourth-order valence-corrected chi connectivity index (χ4v) is 5.25. The number of anilines is 1. The molecule has 5 rings (SSSR count).